The summed E-state index contributed by atoms with van der Waals surface area (Å²) in [4.78, 5) is 15.2. The Morgan fingerprint density at radius 3 is 2.96 bits per heavy atom. The van der Waals surface area contributed by atoms with Crippen molar-refractivity contribution in [2.45, 2.75) is 30.0 Å². The summed E-state index contributed by atoms with van der Waals surface area (Å²) >= 11 is 1.33. The Morgan fingerprint density at radius 1 is 1.33 bits per heavy atom. The van der Waals surface area contributed by atoms with Gasteiger partial charge in [0.1, 0.15) is 4.21 Å². The van der Waals surface area contributed by atoms with Crippen LogP contribution in [-0.4, -0.2) is 42.5 Å². The van der Waals surface area contributed by atoms with E-state index in [-0.39, 0.29) is 6.04 Å². The normalized spacial score (nSPS) is 17.5. The van der Waals surface area contributed by atoms with Gasteiger partial charge in [0.2, 0.25) is 16.0 Å². The molecular formula is C18H21N5O2S2. The van der Waals surface area contributed by atoms with Crippen LogP contribution >= 0.6 is 11.3 Å². The molecule has 1 fully saturated rings. The van der Waals surface area contributed by atoms with Crippen LogP contribution in [-0.2, 0) is 16.4 Å². The summed E-state index contributed by atoms with van der Waals surface area (Å²) in [6.45, 7) is 3.29. The van der Waals surface area contributed by atoms with Crippen LogP contribution in [0.4, 0.5) is 5.95 Å². The first-order valence-electron chi connectivity index (χ1n) is 8.88. The molecule has 0 amide bonds. The van der Waals surface area contributed by atoms with E-state index in [0.717, 1.165) is 29.1 Å². The van der Waals surface area contributed by atoms with Crippen LogP contribution in [0.2, 0.25) is 0 Å². The van der Waals surface area contributed by atoms with Gasteiger partial charge in [0.05, 0.1) is 11.4 Å². The Hall–Kier alpha value is -2.23. The third kappa shape index (κ3) is 3.90. The number of anilines is 1. The van der Waals surface area contributed by atoms with Crippen LogP contribution in [0.5, 0.6) is 0 Å². The predicted molar refractivity (Wildman–Crippen MR) is 106 cm³/mol. The maximum absolute atomic E-state index is 12.6. The number of nitrogens with one attached hydrogen (secondary N) is 2. The van der Waals surface area contributed by atoms with Crippen molar-refractivity contribution in [3.63, 3.8) is 0 Å². The van der Waals surface area contributed by atoms with Crippen LogP contribution in [0.15, 0.2) is 46.9 Å². The van der Waals surface area contributed by atoms with Crippen molar-refractivity contribution in [3.05, 3.63) is 47.6 Å². The van der Waals surface area contributed by atoms with E-state index in [9.17, 15) is 8.42 Å². The molecule has 27 heavy (non-hydrogen) atoms. The second kappa shape index (κ2) is 7.41. The Morgan fingerprint density at radius 2 is 2.22 bits per heavy atom. The zero-order valence-electron chi connectivity index (χ0n) is 14.9. The van der Waals surface area contributed by atoms with E-state index in [4.69, 9.17) is 0 Å². The SMILES string of the molecule is CCc1ccc(S(=O)(=O)NC2CCN(c3nccc(-c4ccc[nH]4)n3)C2)s1. The number of nitrogens with zero attached hydrogens (tertiary/aromatic N) is 3. The van der Waals surface area contributed by atoms with Crippen molar-refractivity contribution in [1.82, 2.24) is 19.7 Å². The number of aromatic amines is 1. The molecule has 0 bridgehead atoms. The smallest absolute Gasteiger partial charge is 0.250 e. The summed E-state index contributed by atoms with van der Waals surface area (Å²) in [6.07, 6.45) is 5.15. The van der Waals surface area contributed by atoms with E-state index >= 15 is 0 Å². The number of hydrogen-bond acceptors (Lipinski definition) is 6. The summed E-state index contributed by atoms with van der Waals surface area (Å²) in [5.41, 5.74) is 1.75. The maximum atomic E-state index is 12.6. The summed E-state index contributed by atoms with van der Waals surface area (Å²) in [5, 5.41) is 0. The summed E-state index contributed by atoms with van der Waals surface area (Å²) in [7, 11) is -3.49. The van der Waals surface area contributed by atoms with Crippen LogP contribution in [0, 0.1) is 0 Å². The highest BCUT2D eigenvalue weighted by molar-refractivity contribution is 7.91. The second-order valence-corrected chi connectivity index (χ2v) is 9.56. The Bertz CT molecular complexity index is 1010. The standard InChI is InChI=1S/C18H21N5O2S2/c1-2-14-5-6-17(26-14)27(24,25)22-13-8-11-23(12-13)18-20-10-7-16(21-18)15-4-3-9-19-15/h3-7,9-10,13,19,22H,2,8,11-12H2,1H3. The van der Waals surface area contributed by atoms with E-state index in [1.807, 2.05) is 42.3 Å². The quantitative estimate of drug-likeness (QED) is 0.660. The number of hydrogen-bond donors (Lipinski definition) is 2. The second-order valence-electron chi connectivity index (χ2n) is 6.45. The van der Waals surface area contributed by atoms with Gasteiger partial charge in [0.15, 0.2) is 0 Å². The van der Waals surface area contributed by atoms with Crippen LogP contribution in [0.3, 0.4) is 0 Å². The van der Waals surface area contributed by atoms with Gasteiger partial charge in [-0.25, -0.2) is 23.1 Å². The highest BCUT2D eigenvalue weighted by Crippen LogP contribution is 2.24. The Labute approximate surface area is 162 Å². The molecular weight excluding hydrogens is 382 g/mol. The fourth-order valence-corrected chi connectivity index (χ4v) is 5.72. The van der Waals surface area contributed by atoms with Gasteiger partial charge in [0, 0.05) is 36.4 Å². The molecule has 1 aliphatic rings. The molecule has 3 aromatic rings. The average molecular weight is 404 g/mol. The third-order valence-corrected chi connectivity index (χ3v) is 7.80. The van der Waals surface area contributed by atoms with Crippen molar-refractivity contribution < 1.29 is 8.42 Å². The molecule has 1 saturated heterocycles. The Balaban J connectivity index is 1.45. The molecule has 1 aliphatic heterocycles. The third-order valence-electron chi connectivity index (χ3n) is 4.56. The maximum Gasteiger partial charge on any atom is 0.250 e. The van der Waals surface area contributed by atoms with Crippen molar-refractivity contribution in [1.29, 1.82) is 0 Å². The molecule has 0 aromatic carbocycles. The van der Waals surface area contributed by atoms with E-state index in [1.54, 1.807) is 12.3 Å². The molecule has 1 atom stereocenters. The molecule has 142 valence electrons. The van der Waals surface area contributed by atoms with Gasteiger partial charge in [-0.1, -0.05) is 6.92 Å². The summed E-state index contributed by atoms with van der Waals surface area (Å²) < 4.78 is 28.4. The van der Waals surface area contributed by atoms with Gasteiger partial charge in [-0.15, -0.1) is 11.3 Å². The number of aromatic nitrogens is 3. The molecule has 0 aliphatic carbocycles. The van der Waals surface area contributed by atoms with E-state index in [1.165, 1.54) is 11.3 Å². The average Bonchev–Trinajstić information content (AvgIpc) is 3.42. The summed E-state index contributed by atoms with van der Waals surface area (Å²) in [5.74, 6) is 0.619. The molecule has 0 spiro atoms. The minimum absolute atomic E-state index is 0.153. The monoisotopic (exact) mass is 403 g/mol. The number of aryl methyl sites for hydroxylation is 1. The molecule has 3 aromatic heterocycles. The number of thiophene rings is 1. The molecule has 4 heterocycles. The van der Waals surface area contributed by atoms with Gasteiger partial charge < -0.3 is 9.88 Å². The van der Waals surface area contributed by atoms with E-state index in [0.29, 0.717) is 23.2 Å². The molecule has 1 unspecified atom stereocenters. The fraction of sp³-hybridized carbons (Fsp3) is 0.333. The molecule has 0 radical (unpaired) electrons. The lowest BCUT2D eigenvalue weighted by molar-refractivity contribution is 0.563. The Kier molecular flexibility index (Phi) is 4.98. The lowest BCUT2D eigenvalue weighted by Gasteiger charge is -2.17. The van der Waals surface area contributed by atoms with Crippen LogP contribution in [0.1, 0.15) is 18.2 Å². The first kappa shape index (κ1) is 18.1. The van der Waals surface area contributed by atoms with Crippen molar-refractivity contribution >= 4 is 27.3 Å². The highest BCUT2D eigenvalue weighted by Gasteiger charge is 2.29. The van der Waals surface area contributed by atoms with E-state index in [2.05, 4.69) is 19.7 Å². The predicted octanol–water partition coefficient (Wildman–Crippen LogP) is 2.65. The molecule has 4 rings (SSSR count). The lowest BCUT2D eigenvalue weighted by atomic mass is 10.3. The minimum Gasteiger partial charge on any atom is -0.360 e. The van der Waals surface area contributed by atoms with Crippen molar-refractivity contribution in [2.75, 3.05) is 18.0 Å². The van der Waals surface area contributed by atoms with Gasteiger partial charge in [-0.05, 0) is 43.2 Å². The fourth-order valence-electron chi connectivity index (χ4n) is 3.15. The zero-order chi connectivity index (χ0) is 18.9. The topological polar surface area (TPSA) is 91.0 Å². The lowest BCUT2D eigenvalue weighted by Crippen LogP contribution is -2.37. The molecule has 9 heteroatoms. The number of rotatable bonds is 6. The first-order valence-corrected chi connectivity index (χ1v) is 11.2. The highest BCUT2D eigenvalue weighted by atomic mass is 32.2. The van der Waals surface area contributed by atoms with Gasteiger partial charge >= 0.3 is 0 Å². The van der Waals surface area contributed by atoms with Crippen molar-refractivity contribution in [2.24, 2.45) is 0 Å². The molecule has 0 saturated carbocycles. The van der Waals surface area contributed by atoms with Crippen LogP contribution < -0.4 is 9.62 Å². The van der Waals surface area contributed by atoms with Gasteiger partial charge in [0.25, 0.3) is 0 Å². The number of sulfonamides is 1. The zero-order valence-corrected chi connectivity index (χ0v) is 16.6. The minimum atomic E-state index is -3.49. The molecule has 7 nitrogen and oxygen atoms in total. The summed E-state index contributed by atoms with van der Waals surface area (Å²) in [6, 6.07) is 9.14. The number of H-pyrrole nitrogens is 1. The van der Waals surface area contributed by atoms with E-state index < -0.39 is 10.0 Å². The first-order chi connectivity index (χ1) is 13.0. The van der Waals surface area contributed by atoms with Crippen molar-refractivity contribution in [3.8, 4) is 11.4 Å². The van der Waals surface area contributed by atoms with Gasteiger partial charge in [-0.2, -0.15) is 0 Å². The van der Waals surface area contributed by atoms with Gasteiger partial charge in [-0.3, -0.25) is 0 Å². The molecule has 2 N–H and O–H groups in total. The largest absolute Gasteiger partial charge is 0.360 e. The van der Waals surface area contributed by atoms with Crippen LogP contribution in [0.25, 0.3) is 11.4 Å².